The number of aromatic nitrogens is 4. The molecular weight excluding hydrogens is 391 g/mol. The number of ether oxygens (including phenoxy) is 2. The Morgan fingerprint density at radius 2 is 1.97 bits per heavy atom. The highest BCUT2D eigenvalue weighted by Crippen LogP contribution is 2.22. The van der Waals surface area contributed by atoms with Crippen molar-refractivity contribution in [2.24, 2.45) is 0 Å². The monoisotopic (exact) mass is 412 g/mol. The number of nitrogens with one attached hydrogen (secondary N) is 1. The summed E-state index contributed by atoms with van der Waals surface area (Å²) in [7, 11) is 0. The summed E-state index contributed by atoms with van der Waals surface area (Å²) in [6.45, 7) is 4.60. The van der Waals surface area contributed by atoms with Gasteiger partial charge in [0.15, 0.2) is 5.69 Å². The second-order valence-electron chi connectivity index (χ2n) is 6.51. The molecule has 10 heteroatoms. The molecule has 1 aliphatic rings. The number of benzene rings is 1. The average Bonchev–Trinajstić information content (AvgIpc) is 3.27. The van der Waals surface area contributed by atoms with E-state index in [1.807, 2.05) is 6.07 Å². The fraction of sp³-hybridized carbons (Fsp3) is 0.300. The van der Waals surface area contributed by atoms with Gasteiger partial charge >= 0.3 is 5.97 Å². The van der Waals surface area contributed by atoms with Crippen molar-refractivity contribution in [3.05, 3.63) is 54.1 Å². The van der Waals surface area contributed by atoms with Crippen LogP contribution in [0.1, 0.15) is 17.4 Å². The highest BCUT2D eigenvalue weighted by atomic mass is 19.1. The molecule has 0 atom stereocenters. The lowest BCUT2D eigenvalue weighted by Gasteiger charge is -2.28. The van der Waals surface area contributed by atoms with E-state index in [2.05, 4.69) is 25.3 Å². The summed E-state index contributed by atoms with van der Waals surface area (Å²) in [4.78, 5) is 23.1. The highest BCUT2D eigenvalue weighted by Gasteiger charge is 2.18. The largest absolute Gasteiger partial charge is 0.461 e. The molecule has 3 heterocycles. The molecule has 9 nitrogen and oxygen atoms in total. The molecular formula is C20H21FN6O3. The minimum atomic E-state index is -0.509. The van der Waals surface area contributed by atoms with E-state index in [0.29, 0.717) is 49.6 Å². The first-order valence-corrected chi connectivity index (χ1v) is 9.60. The molecule has 3 aromatic rings. The van der Waals surface area contributed by atoms with Crippen LogP contribution < -0.4 is 10.2 Å². The highest BCUT2D eigenvalue weighted by molar-refractivity contribution is 5.87. The number of rotatable bonds is 6. The SMILES string of the molecule is CCOC(=O)c1ccn(-c2nc(Nc3ccc(F)cc3)cc(N3CCOCC3)n2)n1. The molecule has 1 aliphatic heterocycles. The van der Waals surface area contributed by atoms with E-state index in [1.165, 1.54) is 16.8 Å². The van der Waals surface area contributed by atoms with E-state index in [9.17, 15) is 9.18 Å². The van der Waals surface area contributed by atoms with Crippen molar-refractivity contribution in [1.29, 1.82) is 0 Å². The van der Waals surface area contributed by atoms with E-state index >= 15 is 0 Å². The van der Waals surface area contributed by atoms with E-state index < -0.39 is 5.97 Å². The molecule has 0 radical (unpaired) electrons. The van der Waals surface area contributed by atoms with Crippen LogP contribution in [0, 0.1) is 5.82 Å². The molecule has 1 saturated heterocycles. The van der Waals surface area contributed by atoms with Crippen LogP contribution in [0.3, 0.4) is 0 Å². The number of morpholine rings is 1. The summed E-state index contributed by atoms with van der Waals surface area (Å²) in [6, 6.07) is 9.35. The zero-order chi connectivity index (χ0) is 20.9. The van der Waals surface area contributed by atoms with Crippen molar-refractivity contribution in [2.45, 2.75) is 6.92 Å². The van der Waals surface area contributed by atoms with Crippen LogP contribution in [0.2, 0.25) is 0 Å². The van der Waals surface area contributed by atoms with Crippen LogP contribution in [-0.4, -0.2) is 58.6 Å². The molecule has 1 fully saturated rings. The predicted molar refractivity (Wildman–Crippen MR) is 108 cm³/mol. The van der Waals surface area contributed by atoms with Crippen LogP contribution in [0.5, 0.6) is 0 Å². The molecule has 4 rings (SSSR count). The molecule has 0 saturated carbocycles. The quantitative estimate of drug-likeness (QED) is 0.618. The Bertz CT molecular complexity index is 1020. The summed E-state index contributed by atoms with van der Waals surface area (Å²) < 4.78 is 25.1. The Hall–Kier alpha value is -3.53. The first-order valence-electron chi connectivity index (χ1n) is 9.60. The lowest BCUT2D eigenvalue weighted by Crippen LogP contribution is -2.37. The number of esters is 1. The first kappa shape index (κ1) is 19.8. The van der Waals surface area contributed by atoms with E-state index in [1.54, 1.807) is 31.3 Å². The summed E-state index contributed by atoms with van der Waals surface area (Å²) in [5.74, 6) is 0.674. The van der Waals surface area contributed by atoms with E-state index in [-0.39, 0.29) is 18.1 Å². The van der Waals surface area contributed by atoms with Gasteiger partial charge in [0.1, 0.15) is 17.5 Å². The molecule has 2 aromatic heterocycles. The molecule has 156 valence electrons. The molecule has 0 unspecified atom stereocenters. The number of hydrogen-bond donors (Lipinski definition) is 1. The minimum absolute atomic E-state index is 0.172. The summed E-state index contributed by atoms with van der Waals surface area (Å²) >= 11 is 0. The number of carbonyl (C=O) groups is 1. The minimum Gasteiger partial charge on any atom is -0.461 e. The number of halogens is 1. The summed E-state index contributed by atoms with van der Waals surface area (Å²) in [5.41, 5.74) is 0.854. The van der Waals surface area contributed by atoms with Crippen molar-refractivity contribution < 1.29 is 18.7 Å². The topological polar surface area (TPSA) is 94.4 Å². The molecule has 0 spiro atoms. The van der Waals surface area contributed by atoms with E-state index in [4.69, 9.17) is 9.47 Å². The maximum Gasteiger partial charge on any atom is 0.358 e. The van der Waals surface area contributed by atoms with Gasteiger partial charge in [0.2, 0.25) is 0 Å². The Labute approximate surface area is 172 Å². The number of hydrogen-bond acceptors (Lipinski definition) is 8. The molecule has 0 amide bonds. The first-order chi connectivity index (χ1) is 14.6. The van der Waals surface area contributed by atoms with Gasteiger partial charge < -0.3 is 19.7 Å². The van der Waals surface area contributed by atoms with Gasteiger partial charge in [-0.15, -0.1) is 0 Å². The average molecular weight is 412 g/mol. The van der Waals surface area contributed by atoms with Crippen molar-refractivity contribution in [1.82, 2.24) is 19.7 Å². The molecule has 0 bridgehead atoms. The molecule has 1 aromatic carbocycles. The normalized spacial score (nSPS) is 13.9. The molecule has 1 N–H and O–H groups in total. The number of anilines is 3. The zero-order valence-corrected chi connectivity index (χ0v) is 16.4. The second-order valence-corrected chi connectivity index (χ2v) is 6.51. The number of carbonyl (C=O) groups excluding carboxylic acids is 1. The maximum atomic E-state index is 13.2. The fourth-order valence-corrected chi connectivity index (χ4v) is 2.97. The van der Waals surface area contributed by atoms with Crippen LogP contribution >= 0.6 is 0 Å². The van der Waals surface area contributed by atoms with Gasteiger partial charge in [-0.1, -0.05) is 0 Å². The Balaban J connectivity index is 1.68. The number of nitrogens with zero attached hydrogens (tertiary/aromatic N) is 5. The van der Waals surface area contributed by atoms with Crippen molar-refractivity contribution in [3.63, 3.8) is 0 Å². The van der Waals surface area contributed by atoms with Gasteiger partial charge in [-0.3, -0.25) is 0 Å². The lowest BCUT2D eigenvalue weighted by atomic mass is 10.3. The third-order valence-corrected chi connectivity index (χ3v) is 4.43. The van der Waals surface area contributed by atoms with Gasteiger partial charge in [-0.2, -0.15) is 15.1 Å². The standard InChI is InChI=1S/C20H21FN6O3/c1-2-30-19(28)16-7-8-27(25-16)20-23-17(22-15-5-3-14(21)4-6-15)13-18(24-20)26-9-11-29-12-10-26/h3-8,13H,2,9-12H2,1H3,(H,22,23,24). The maximum absolute atomic E-state index is 13.2. The predicted octanol–water partition coefficient (Wildman–Crippen LogP) is 2.56. The smallest absolute Gasteiger partial charge is 0.358 e. The van der Waals surface area contributed by atoms with Gasteiger partial charge in [-0.05, 0) is 37.3 Å². The van der Waals surface area contributed by atoms with Gasteiger partial charge in [0.05, 0.1) is 19.8 Å². The van der Waals surface area contributed by atoms with Crippen molar-refractivity contribution >= 4 is 23.3 Å². The Morgan fingerprint density at radius 1 is 1.20 bits per heavy atom. The Kier molecular flexibility index (Phi) is 5.84. The van der Waals surface area contributed by atoms with Crippen LogP contribution in [0.15, 0.2) is 42.6 Å². The lowest BCUT2D eigenvalue weighted by molar-refractivity contribution is 0.0519. The second kappa shape index (κ2) is 8.87. The van der Waals surface area contributed by atoms with Crippen molar-refractivity contribution in [3.8, 4) is 5.95 Å². The summed E-state index contributed by atoms with van der Waals surface area (Å²) in [5, 5.41) is 7.40. The van der Waals surface area contributed by atoms with Crippen LogP contribution in [0.4, 0.5) is 21.7 Å². The molecule has 30 heavy (non-hydrogen) atoms. The van der Waals surface area contributed by atoms with Gasteiger partial charge in [0.25, 0.3) is 5.95 Å². The zero-order valence-electron chi connectivity index (χ0n) is 16.4. The van der Waals surface area contributed by atoms with Crippen LogP contribution in [-0.2, 0) is 9.47 Å². The third kappa shape index (κ3) is 4.54. The van der Waals surface area contributed by atoms with Gasteiger partial charge in [-0.25, -0.2) is 13.9 Å². The van der Waals surface area contributed by atoms with Gasteiger partial charge in [0, 0.05) is 31.0 Å². The van der Waals surface area contributed by atoms with Crippen LogP contribution in [0.25, 0.3) is 5.95 Å². The fourth-order valence-electron chi connectivity index (χ4n) is 2.97. The molecule has 0 aliphatic carbocycles. The van der Waals surface area contributed by atoms with Crippen molar-refractivity contribution in [2.75, 3.05) is 43.1 Å². The Morgan fingerprint density at radius 3 is 2.70 bits per heavy atom. The van der Waals surface area contributed by atoms with E-state index in [0.717, 1.165) is 0 Å². The summed E-state index contributed by atoms with van der Waals surface area (Å²) in [6.07, 6.45) is 1.60. The third-order valence-electron chi connectivity index (χ3n) is 4.43.